The molecule has 192 valence electrons. The second-order valence-electron chi connectivity index (χ2n) is 8.39. The SMILES string of the molecule is O=C(NCCc1ccccn1)c1csc(CN(Cc2cccc(C(F)(F)F)c2)Cc2ccccc2F)n1. The maximum absolute atomic E-state index is 14.4. The van der Waals surface area contributed by atoms with E-state index in [2.05, 4.69) is 15.3 Å². The molecule has 0 radical (unpaired) electrons. The fourth-order valence-electron chi connectivity index (χ4n) is 3.76. The van der Waals surface area contributed by atoms with Crippen molar-refractivity contribution in [2.75, 3.05) is 6.54 Å². The number of aromatic nitrogens is 2. The molecular formula is C27H24F4N4OS. The molecular weight excluding hydrogens is 504 g/mol. The molecule has 0 aliphatic carbocycles. The summed E-state index contributed by atoms with van der Waals surface area (Å²) in [4.78, 5) is 23.0. The van der Waals surface area contributed by atoms with Gasteiger partial charge in [0.05, 0.1) is 12.1 Å². The van der Waals surface area contributed by atoms with Crippen molar-refractivity contribution in [3.8, 4) is 0 Å². The lowest BCUT2D eigenvalue weighted by Crippen LogP contribution is -2.26. The number of alkyl halides is 3. The number of nitrogens with zero attached hydrogens (tertiary/aromatic N) is 3. The minimum absolute atomic E-state index is 0.142. The first kappa shape index (κ1) is 26.4. The first-order valence-corrected chi connectivity index (χ1v) is 12.4. The van der Waals surface area contributed by atoms with Crippen LogP contribution in [0.25, 0.3) is 0 Å². The summed E-state index contributed by atoms with van der Waals surface area (Å²) in [6.45, 7) is 0.936. The molecule has 0 spiro atoms. The van der Waals surface area contributed by atoms with Gasteiger partial charge in [0.15, 0.2) is 0 Å². The molecule has 0 atom stereocenters. The van der Waals surface area contributed by atoms with Crippen LogP contribution >= 0.6 is 11.3 Å². The highest BCUT2D eigenvalue weighted by atomic mass is 32.1. The molecule has 2 aromatic carbocycles. The van der Waals surface area contributed by atoms with Crippen molar-refractivity contribution >= 4 is 17.2 Å². The molecule has 2 aromatic heterocycles. The van der Waals surface area contributed by atoms with Crippen LogP contribution in [-0.2, 0) is 32.2 Å². The lowest BCUT2D eigenvalue weighted by molar-refractivity contribution is -0.137. The van der Waals surface area contributed by atoms with Gasteiger partial charge < -0.3 is 5.32 Å². The zero-order chi connectivity index (χ0) is 26.3. The van der Waals surface area contributed by atoms with Gasteiger partial charge in [0.1, 0.15) is 16.5 Å². The van der Waals surface area contributed by atoms with Gasteiger partial charge in [-0.25, -0.2) is 9.37 Å². The summed E-state index contributed by atoms with van der Waals surface area (Å²) in [5.74, 6) is -0.722. The maximum atomic E-state index is 14.4. The Labute approximate surface area is 215 Å². The third kappa shape index (κ3) is 7.68. The standard InChI is InChI=1S/C27H24F4N4OS/c28-23-10-2-1-7-20(23)16-35(15-19-6-5-8-21(14-19)27(29,30)31)17-25-34-24(18-37-25)26(36)33-13-11-22-9-3-4-12-32-22/h1-10,12,14,18H,11,13,15-17H2,(H,33,36). The van der Waals surface area contributed by atoms with Gasteiger partial charge in [0.2, 0.25) is 0 Å². The molecule has 0 aliphatic heterocycles. The van der Waals surface area contributed by atoms with Crippen molar-refractivity contribution in [1.82, 2.24) is 20.2 Å². The molecule has 0 saturated heterocycles. The van der Waals surface area contributed by atoms with Gasteiger partial charge in [-0.1, -0.05) is 42.5 Å². The molecule has 4 rings (SSSR count). The number of benzene rings is 2. The molecule has 0 bridgehead atoms. The first-order valence-electron chi connectivity index (χ1n) is 11.5. The van der Waals surface area contributed by atoms with Gasteiger partial charge in [0, 0.05) is 48.9 Å². The van der Waals surface area contributed by atoms with E-state index in [0.29, 0.717) is 29.1 Å². The van der Waals surface area contributed by atoms with E-state index >= 15 is 0 Å². The van der Waals surface area contributed by atoms with E-state index in [4.69, 9.17) is 0 Å². The molecule has 4 aromatic rings. The molecule has 1 N–H and O–H groups in total. The van der Waals surface area contributed by atoms with Crippen LogP contribution in [0.4, 0.5) is 17.6 Å². The molecule has 37 heavy (non-hydrogen) atoms. The number of halogens is 4. The van der Waals surface area contributed by atoms with Gasteiger partial charge in [-0.3, -0.25) is 14.7 Å². The Morgan fingerprint density at radius 1 is 0.973 bits per heavy atom. The summed E-state index contributed by atoms with van der Waals surface area (Å²) in [7, 11) is 0. The lowest BCUT2D eigenvalue weighted by Gasteiger charge is -2.22. The fraction of sp³-hybridized carbons (Fsp3) is 0.222. The number of rotatable bonds is 10. The smallest absolute Gasteiger partial charge is 0.350 e. The molecule has 1 amide bonds. The Balaban J connectivity index is 1.45. The quantitative estimate of drug-likeness (QED) is 0.262. The van der Waals surface area contributed by atoms with E-state index in [9.17, 15) is 22.4 Å². The minimum Gasteiger partial charge on any atom is -0.350 e. The molecule has 0 fully saturated rings. The minimum atomic E-state index is -4.46. The number of amides is 1. The van der Waals surface area contributed by atoms with Gasteiger partial charge in [0.25, 0.3) is 5.91 Å². The zero-order valence-corrected chi connectivity index (χ0v) is 20.5. The van der Waals surface area contributed by atoms with Crippen molar-refractivity contribution in [3.05, 3.63) is 117 Å². The summed E-state index contributed by atoms with van der Waals surface area (Å²) in [6.07, 6.45) is -2.19. The topological polar surface area (TPSA) is 58.1 Å². The maximum Gasteiger partial charge on any atom is 0.416 e. The zero-order valence-electron chi connectivity index (χ0n) is 19.7. The number of carbonyl (C=O) groups excluding carboxylic acids is 1. The normalized spacial score (nSPS) is 11.6. The highest BCUT2D eigenvalue weighted by molar-refractivity contribution is 7.09. The van der Waals surface area contributed by atoms with E-state index in [1.807, 2.05) is 18.2 Å². The summed E-state index contributed by atoms with van der Waals surface area (Å²) in [6, 6.07) is 16.9. The molecule has 0 unspecified atom stereocenters. The fourth-order valence-corrected chi connectivity index (χ4v) is 4.57. The van der Waals surface area contributed by atoms with Crippen molar-refractivity contribution in [1.29, 1.82) is 0 Å². The van der Waals surface area contributed by atoms with Crippen LogP contribution < -0.4 is 5.32 Å². The Kier molecular flexibility index (Phi) is 8.62. The van der Waals surface area contributed by atoms with E-state index in [1.165, 1.54) is 23.5 Å². The first-order chi connectivity index (χ1) is 17.8. The molecule has 5 nitrogen and oxygen atoms in total. The third-order valence-electron chi connectivity index (χ3n) is 5.55. The summed E-state index contributed by atoms with van der Waals surface area (Å²) in [5, 5.41) is 5.05. The number of thiazole rings is 1. The number of hydrogen-bond acceptors (Lipinski definition) is 5. The van der Waals surface area contributed by atoms with E-state index in [0.717, 1.165) is 17.8 Å². The monoisotopic (exact) mass is 528 g/mol. The number of carbonyl (C=O) groups is 1. The predicted octanol–water partition coefficient (Wildman–Crippen LogP) is 5.87. The van der Waals surface area contributed by atoms with Crippen LogP contribution in [0.2, 0.25) is 0 Å². The van der Waals surface area contributed by atoms with Gasteiger partial charge in [-0.2, -0.15) is 13.2 Å². The van der Waals surface area contributed by atoms with Crippen LogP contribution in [0, 0.1) is 5.82 Å². The average Bonchev–Trinajstić information content (AvgIpc) is 3.34. The van der Waals surface area contributed by atoms with E-state index in [1.54, 1.807) is 40.7 Å². The van der Waals surface area contributed by atoms with Crippen LogP contribution in [-0.4, -0.2) is 27.3 Å². The summed E-state index contributed by atoms with van der Waals surface area (Å²) >= 11 is 1.27. The molecule has 2 heterocycles. The molecule has 0 aliphatic rings. The Hall–Kier alpha value is -3.63. The number of pyridine rings is 1. The largest absolute Gasteiger partial charge is 0.416 e. The Morgan fingerprint density at radius 3 is 2.54 bits per heavy atom. The summed E-state index contributed by atoms with van der Waals surface area (Å²) < 4.78 is 54.0. The molecule has 0 saturated carbocycles. The van der Waals surface area contributed by atoms with Crippen LogP contribution in [0.3, 0.4) is 0 Å². The van der Waals surface area contributed by atoms with Crippen molar-refractivity contribution in [3.63, 3.8) is 0 Å². The average molecular weight is 529 g/mol. The highest BCUT2D eigenvalue weighted by Gasteiger charge is 2.30. The highest BCUT2D eigenvalue weighted by Crippen LogP contribution is 2.30. The Bertz CT molecular complexity index is 1330. The van der Waals surface area contributed by atoms with Crippen LogP contribution in [0.5, 0.6) is 0 Å². The second kappa shape index (κ2) is 12.1. The summed E-state index contributed by atoms with van der Waals surface area (Å²) in [5.41, 5.74) is 1.23. The van der Waals surface area contributed by atoms with Crippen molar-refractivity contribution < 1.29 is 22.4 Å². The van der Waals surface area contributed by atoms with Gasteiger partial charge in [-0.05, 0) is 29.8 Å². The Morgan fingerprint density at radius 2 is 1.78 bits per heavy atom. The van der Waals surface area contributed by atoms with Gasteiger partial charge >= 0.3 is 6.18 Å². The number of nitrogens with one attached hydrogen (secondary N) is 1. The van der Waals surface area contributed by atoms with Crippen molar-refractivity contribution in [2.45, 2.75) is 32.2 Å². The van der Waals surface area contributed by atoms with E-state index in [-0.39, 0.29) is 31.2 Å². The van der Waals surface area contributed by atoms with Crippen molar-refractivity contribution in [2.24, 2.45) is 0 Å². The third-order valence-corrected chi connectivity index (χ3v) is 6.38. The van der Waals surface area contributed by atoms with Crippen LogP contribution in [0.1, 0.15) is 37.9 Å². The lowest BCUT2D eigenvalue weighted by atomic mass is 10.1. The molecule has 10 heteroatoms. The second-order valence-corrected chi connectivity index (χ2v) is 9.33. The predicted molar refractivity (Wildman–Crippen MR) is 133 cm³/mol. The number of hydrogen-bond donors (Lipinski definition) is 1. The van der Waals surface area contributed by atoms with E-state index < -0.39 is 17.6 Å². The van der Waals surface area contributed by atoms with Gasteiger partial charge in [-0.15, -0.1) is 11.3 Å². The van der Waals surface area contributed by atoms with Crippen LogP contribution in [0.15, 0.2) is 78.3 Å².